The fourth-order valence-corrected chi connectivity index (χ4v) is 6.88. The number of hydrogen-bond acceptors (Lipinski definition) is 4. The standard InChI is InChI=1S/C28H28F5N3O2S/c29-27(30,28(31,32)33)20-14-16-21(17-15-20)39(34,38)35-22-8-5-11-25(26(22)37)36-23-9-3-1-6-18(23)12-13-19-7-2-4-10-24(19)36/h1-4,6-7,9-10,14-17,22,25-26,37H,5,8,11-13H2,(H2,34,35,38). The number of alkyl halides is 5. The van der Waals surface area contributed by atoms with E-state index in [9.17, 15) is 31.3 Å². The third-order valence-electron chi connectivity index (χ3n) is 7.54. The predicted octanol–water partition coefficient (Wildman–Crippen LogP) is 6.47. The van der Waals surface area contributed by atoms with Crippen LogP contribution >= 0.6 is 0 Å². The second-order valence-corrected chi connectivity index (χ2v) is 11.8. The summed E-state index contributed by atoms with van der Waals surface area (Å²) >= 11 is 0. The molecule has 4 atom stereocenters. The molecule has 3 aromatic rings. The van der Waals surface area contributed by atoms with Gasteiger partial charge in [-0.25, -0.2) is 13.7 Å². The largest absolute Gasteiger partial charge is 0.458 e. The Bertz CT molecular complexity index is 1400. The van der Waals surface area contributed by atoms with Crippen LogP contribution in [0.2, 0.25) is 0 Å². The Morgan fingerprint density at radius 3 is 1.92 bits per heavy atom. The molecule has 0 bridgehead atoms. The van der Waals surface area contributed by atoms with Crippen LogP contribution in [0.15, 0.2) is 77.7 Å². The molecule has 5 rings (SSSR count). The summed E-state index contributed by atoms with van der Waals surface area (Å²) in [6.45, 7) is 0. The van der Waals surface area contributed by atoms with Crippen molar-refractivity contribution in [1.82, 2.24) is 4.72 Å². The van der Waals surface area contributed by atoms with E-state index in [4.69, 9.17) is 4.78 Å². The normalized spacial score (nSPS) is 23.3. The number of halogens is 5. The number of hydrogen-bond donors (Lipinski definition) is 3. The van der Waals surface area contributed by atoms with Gasteiger partial charge in [0.15, 0.2) is 0 Å². The molecular weight excluding hydrogens is 537 g/mol. The second-order valence-electron chi connectivity index (χ2n) is 9.99. The molecule has 4 unspecified atom stereocenters. The molecule has 0 amide bonds. The number of para-hydroxylation sites is 2. The highest BCUT2D eigenvalue weighted by Gasteiger charge is 2.58. The Balaban J connectivity index is 1.42. The Morgan fingerprint density at radius 2 is 1.38 bits per heavy atom. The summed E-state index contributed by atoms with van der Waals surface area (Å²) < 4.78 is 89.9. The first kappa shape index (κ1) is 27.5. The molecule has 1 fully saturated rings. The van der Waals surface area contributed by atoms with E-state index in [1.54, 1.807) is 0 Å². The van der Waals surface area contributed by atoms with Gasteiger partial charge in [-0.05, 0) is 67.5 Å². The first-order valence-electron chi connectivity index (χ1n) is 12.6. The van der Waals surface area contributed by atoms with Crippen LogP contribution in [0.5, 0.6) is 0 Å². The Morgan fingerprint density at radius 1 is 0.846 bits per heavy atom. The van der Waals surface area contributed by atoms with Gasteiger partial charge in [0.1, 0.15) is 9.92 Å². The van der Waals surface area contributed by atoms with Gasteiger partial charge in [-0.15, -0.1) is 0 Å². The maximum Gasteiger partial charge on any atom is 0.458 e. The van der Waals surface area contributed by atoms with Crippen molar-refractivity contribution in [3.8, 4) is 0 Å². The Hall–Kier alpha value is -3.02. The number of benzene rings is 3. The minimum Gasteiger partial charge on any atom is -0.389 e. The van der Waals surface area contributed by atoms with Gasteiger partial charge in [-0.2, -0.15) is 22.0 Å². The summed E-state index contributed by atoms with van der Waals surface area (Å²) in [5, 5.41) is 11.5. The minimum atomic E-state index is -5.78. The molecule has 1 saturated carbocycles. The second kappa shape index (κ2) is 10.2. The molecule has 3 N–H and O–H groups in total. The lowest BCUT2D eigenvalue weighted by Gasteiger charge is -2.43. The van der Waals surface area contributed by atoms with Crippen molar-refractivity contribution in [2.75, 3.05) is 4.90 Å². The van der Waals surface area contributed by atoms with E-state index < -0.39 is 45.8 Å². The molecule has 0 radical (unpaired) electrons. The monoisotopic (exact) mass is 565 g/mol. The molecule has 0 saturated heterocycles. The van der Waals surface area contributed by atoms with Gasteiger partial charge in [0.25, 0.3) is 0 Å². The van der Waals surface area contributed by atoms with E-state index in [1.807, 2.05) is 36.4 Å². The van der Waals surface area contributed by atoms with Crippen molar-refractivity contribution in [3.05, 3.63) is 89.5 Å². The number of aliphatic hydroxyl groups excluding tert-OH is 1. The van der Waals surface area contributed by atoms with Gasteiger partial charge in [0.2, 0.25) is 0 Å². The van der Waals surface area contributed by atoms with Crippen LogP contribution in [0, 0.1) is 4.78 Å². The Labute approximate surface area is 223 Å². The maximum absolute atomic E-state index is 13.7. The summed E-state index contributed by atoms with van der Waals surface area (Å²) in [4.78, 5) is 1.87. The van der Waals surface area contributed by atoms with Gasteiger partial charge in [0, 0.05) is 23.0 Å². The predicted molar refractivity (Wildman–Crippen MR) is 139 cm³/mol. The van der Waals surface area contributed by atoms with E-state index in [1.165, 1.54) is 0 Å². The van der Waals surface area contributed by atoms with E-state index in [2.05, 4.69) is 21.8 Å². The molecular formula is C28H28F5N3O2S. The maximum atomic E-state index is 13.7. The average molecular weight is 566 g/mol. The molecule has 3 aromatic carbocycles. The summed E-state index contributed by atoms with van der Waals surface area (Å²) in [6.07, 6.45) is -3.45. The molecule has 0 aromatic heterocycles. The zero-order valence-corrected chi connectivity index (χ0v) is 21.6. The molecule has 208 valence electrons. The van der Waals surface area contributed by atoms with Gasteiger partial charge in [-0.1, -0.05) is 48.5 Å². The third-order valence-corrected chi connectivity index (χ3v) is 9.11. The average Bonchev–Trinajstić information content (AvgIpc) is 3.06. The van der Waals surface area contributed by atoms with E-state index in [-0.39, 0.29) is 4.90 Å². The molecule has 39 heavy (non-hydrogen) atoms. The van der Waals surface area contributed by atoms with Gasteiger partial charge in [0.05, 0.1) is 17.0 Å². The summed E-state index contributed by atoms with van der Waals surface area (Å²) in [7, 11) is -3.83. The van der Waals surface area contributed by atoms with E-state index in [0.29, 0.717) is 31.4 Å². The number of nitrogens with one attached hydrogen (secondary N) is 2. The molecule has 1 heterocycles. The summed E-state index contributed by atoms with van der Waals surface area (Å²) in [6, 6.07) is 17.5. The van der Waals surface area contributed by atoms with Crippen molar-refractivity contribution < 1.29 is 31.3 Å². The van der Waals surface area contributed by atoms with E-state index >= 15 is 0 Å². The van der Waals surface area contributed by atoms with Gasteiger partial charge in [-0.3, -0.25) is 0 Å². The number of nitrogens with zero attached hydrogens (tertiary/aromatic N) is 1. The smallest absolute Gasteiger partial charge is 0.389 e. The van der Waals surface area contributed by atoms with Gasteiger partial charge < -0.3 is 10.0 Å². The van der Waals surface area contributed by atoms with E-state index in [0.717, 1.165) is 47.5 Å². The quantitative estimate of drug-likeness (QED) is 0.311. The fourth-order valence-electron chi connectivity index (χ4n) is 5.54. The third kappa shape index (κ3) is 5.15. The summed E-state index contributed by atoms with van der Waals surface area (Å²) in [5.74, 6) is -5.08. The van der Waals surface area contributed by atoms with Crippen LogP contribution < -0.4 is 9.62 Å². The molecule has 0 spiro atoms. The first-order chi connectivity index (χ1) is 18.4. The fraction of sp³-hybridized carbons (Fsp3) is 0.357. The van der Waals surface area contributed by atoms with Crippen LogP contribution in [0.4, 0.5) is 33.3 Å². The molecule has 1 aliphatic carbocycles. The van der Waals surface area contributed by atoms with Crippen LogP contribution in [0.1, 0.15) is 36.0 Å². The lowest BCUT2D eigenvalue weighted by atomic mass is 9.86. The van der Waals surface area contributed by atoms with Crippen LogP contribution in [-0.4, -0.2) is 33.7 Å². The van der Waals surface area contributed by atoms with Crippen molar-refractivity contribution in [1.29, 1.82) is 4.78 Å². The van der Waals surface area contributed by atoms with Crippen molar-refractivity contribution >= 4 is 21.3 Å². The van der Waals surface area contributed by atoms with Crippen LogP contribution in [0.3, 0.4) is 0 Å². The first-order valence-corrected chi connectivity index (χ1v) is 14.2. The van der Waals surface area contributed by atoms with Crippen molar-refractivity contribution in [2.24, 2.45) is 0 Å². The number of aryl methyl sites for hydroxylation is 2. The highest BCUT2D eigenvalue weighted by Crippen LogP contribution is 2.44. The summed E-state index contributed by atoms with van der Waals surface area (Å²) in [5.41, 5.74) is 2.91. The number of anilines is 2. The SMILES string of the molecule is N=S(=O)(NC1CCCC(N2c3ccccc3CCc3ccccc32)C1O)c1ccc(C(F)(F)C(F)(F)F)cc1. The lowest BCUT2D eigenvalue weighted by Crippen LogP contribution is -2.55. The molecule has 11 heteroatoms. The van der Waals surface area contributed by atoms with Crippen LogP contribution in [-0.2, 0) is 28.7 Å². The lowest BCUT2D eigenvalue weighted by molar-refractivity contribution is -0.289. The minimum absolute atomic E-state index is 0.246. The number of aliphatic hydroxyl groups is 1. The highest BCUT2D eigenvalue weighted by atomic mass is 32.2. The van der Waals surface area contributed by atoms with Crippen molar-refractivity contribution in [2.45, 2.75) is 67.3 Å². The molecule has 5 nitrogen and oxygen atoms in total. The Kier molecular flexibility index (Phi) is 7.19. The molecule has 2 aliphatic rings. The van der Waals surface area contributed by atoms with Crippen molar-refractivity contribution in [3.63, 3.8) is 0 Å². The topological polar surface area (TPSA) is 76.4 Å². The van der Waals surface area contributed by atoms with Gasteiger partial charge >= 0.3 is 12.1 Å². The van der Waals surface area contributed by atoms with Crippen LogP contribution in [0.25, 0.3) is 0 Å². The number of rotatable bonds is 5. The number of fused-ring (bicyclic) bond motifs is 2. The zero-order chi connectivity index (χ0) is 28.0. The highest BCUT2D eigenvalue weighted by molar-refractivity contribution is 7.90. The molecule has 1 aliphatic heterocycles. The zero-order valence-electron chi connectivity index (χ0n) is 20.8.